The normalized spacial score (nSPS) is 15.9. The van der Waals surface area contributed by atoms with Gasteiger partial charge in [-0.15, -0.1) is 0 Å². The highest BCUT2D eigenvalue weighted by Crippen LogP contribution is 2.59. The standard InChI is InChI=1S/C22H48O5P2/c1-10-22(28(19(6)7,24-11-2)25-12-3)18-16-20(8)15-17-21(9)29(23,26-13-4)27-14-5/h20-22H,10-18H2,1-9H3. The summed E-state index contributed by atoms with van der Waals surface area (Å²) in [6.07, 6.45) is 5.15. The van der Waals surface area contributed by atoms with Crippen molar-refractivity contribution in [1.82, 2.24) is 0 Å². The molecule has 0 radical (unpaired) electrons. The van der Waals surface area contributed by atoms with Crippen molar-refractivity contribution >= 4 is 20.2 Å². The molecule has 3 atom stereocenters. The molecule has 0 saturated carbocycles. The number of hydrogen-bond acceptors (Lipinski definition) is 5. The maximum Gasteiger partial charge on any atom is 0.333 e. The molecule has 5 nitrogen and oxygen atoms in total. The van der Waals surface area contributed by atoms with Crippen molar-refractivity contribution in [3.8, 4) is 0 Å². The Labute approximate surface area is 181 Å². The van der Waals surface area contributed by atoms with Crippen LogP contribution >= 0.6 is 14.9 Å². The van der Waals surface area contributed by atoms with Crippen molar-refractivity contribution in [2.24, 2.45) is 5.92 Å². The fraction of sp³-hybridized carbons (Fsp3) is 0.955. The molecule has 0 heterocycles. The molecular weight excluding hydrogens is 406 g/mol. The van der Waals surface area contributed by atoms with Crippen LogP contribution in [-0.2, 0) is 22.7 Å². The molecule has 0 spiro atoms. The van der Waals surface area contributed by atoms with Crippen LogP contribution in [0.3, 0.4) is 0 Å². The molecule has 0 aromatic rings. The van der Waals surface area contributed by atoms with E-state index in [-0.39, 0.29) is 5.66 Å². The smallest absolute Gasteiger partial charge is 0.333 e. The lowest BCUT2D eigenvalue weighted by Crippen LogP contribution is -2.18. The Balaban J connectivity index is 4.98. The summed E-state index contributed by atoms with van der Waals surface area (Å²) in [7, 11) is -4.99. The molecule has 0 N–H and O–H groups in total. The molecule has 0 bridgehead atoms. The second-order valence-electron chi connectivity index (χ2n) is 7.93. The second kappa shape index (κ2) is 15.2. The summed E-state index contributed by atoms with van der Waals surface area (Å²) in [4.78, 5) is 0. The van der Waals surface area contributed by atoms with Gasteiger partial charge in [-0.25, -0.2) is 0 Å². The summed E-state index contributed by atoms with van der Waals surface area (Å²) in [6.45, 7) is 20.9. The average Bonchev–Trinajstić information content (AvgIpc) is 2.66. The van der Waals surface area contributed by atoms with Gasteiger partial charge in [0.05, 0.1) is 32.1 Å². The quantitative estimate of drug-likeness (QED) is 0.210. The predicted octanol–water partition coefficient (Wildman–Crippen LogP) is 7.75. The lowest BCUT2D eigenvalue weighted by molar-refractivity contribution is 0.211. The molecule has 29 heavy (non-hydrogen) atoms. The molecule has 0 amide bonds. The Kier molecular flexibility index (Phi) is 15.4. The third-order valence-corrected chi connectivity index (χ3v) is 12.1. The molecule has 0 aliphatic carbocycles. The first-order valence-electron chi connectivity index (χ1n) is 11.5. The zero-order chi connectivity index (χ0) is 22.5. The highest BCUT2D eigenvalue weighted by molar-refractivity contribution is 7.67. The van der Waals surface area contributed by atoms with E-state index in [0.29, 0.717) is 38.0 Å². The SMILES string of the molecule is CCOP(=O)(OCC)C(C)CCC(C)CCC(CC)P(OCC)(OCC)=C(C)C. The summed E-state index contributed by atoms with van der Waals surface area (Å²) in [5.41, 5.74) is 0.363. The lowest BCUT2D eigenvalue weighted by Gasteiger charge is -2.35. The monoisotopic (exact) mass is 454 g/mol. The van der Waals surface area contributed by atoms with Crippen LogP contribution in [0.4, 0.5) is 0 Å². The maximum atomic E-state index is 12.9. The lowest BCUT2D eigenvalue weighted by atomic mass is 9.97. The highest BCUT2D eigenvalue weighted by Gasteiger charge is 2.33. The van der Waals surface area contributed by atoms with Gasteiger partial charge in [-0.3, -0.25) is 4.57 Å². The Morgan fingerprint density at radius 2 is 1.17 bits per heavy atom. The van der Waals surface area contributed by atoms with Crippen molar-refractivity contribution in [2.75, 3.05) is 26.4 Å². The molecule has 0 saturated heterocycles. The number of rotatable bonds is 17. The van der Waals surface area contributed by atoms with E-state index in [4.69, 9.17) is 18.1 Å². The Morgan fingerprint density at radius 3 is 1.55 bits per heavy atom. The summed E-state index contributed by atoms with van der Waals surface area (Å²) in [5, 5.41) is 1.30. The summed E-state index contributed by atoms with van der Waals surface area (Å²) in [5.74, 6) is 0.547. The molecule has 0 aliphatic heterocycles. The van der Waals surface area contributed by atoms with Crippen LogP contribution in [0, 0.1) is 5.92 Å². The van der Waals surface area contributed by atoms with Crippen LogP contribution in [0.25, 0.3) is 0 Å². The maximum absolute atomic E-state index is 12.9. The Morgan fingerprint density at radius 1 is 0.724 bits per heavy atom. The summed E-state index contributed by atoms with van der Waals surface area (Å²) in [6, 6.07) is 0. The van der Waals surface area contributed by atoms with Crippen LogP contribution in [0.1, 0.15) is 94.4 Å². The average molecular weight is 455 g/mol. The van der Waals surface area contributed by atoms with Crippen molar-refractivity contribution < 1.29 is 22.7 Å². The topological polar surface area (TPSA) is 54.0 Å². The minimum Gasteiger partial charge on any atom is -0.337 e. The van der Waals surface area contributed by atoms with E-state index in [1.165, 1.54) is 5.29 Å². The van der Waals surface area contributed by atoms with E-state index in [1.807, 2.05) is 20.8 Å². The summed E-state index contributed by atoms with van der Waals surface area (Å²) >= 11 is 0. The molecule has 0 aromatic heterocycles. The molecular formula is C22H48O5P2. The van der Waals surface area contributed by atoms with E-state index in [9.17, 15) is 4.57 Å². The molecule has 7 heteroatoms. The van der Waals surface area contributed by atoms with Crippen LogP contribution in [-0.4, -0.2) is 43.0 Å². The molecule has 0 fully saturated rings. The van der Waals surface area contributed by atoms with Crippen molar-refractivity contribution in [1.29, 1.82) is 0 Å². The Hall–Kier alpha value is 0.370. The van der Waals surface area contributed by atoms with Crippen LogP contribution in [0.15, 0.2) is 0 Å². The van der Waals surface area contributed by atoms with Gasteiger partial charge in [0.25, 0.3) is 0 Å². The third-order valence-electron chi connectivity index (χ3n) is 5.44. The van der Waals surface area contributed by atoms with Gasteiger partial charge in [0.15, 0.2) is 0 Å². The van der Waals surface area contributed by atoms with Crippen LogP contribution < -0.4 is 0 Å². The molecule has 0 rings (SSSR count). The minimum absolute atomic E-state index is 0.0727. The van der Waals surface area contributed by atoms with Gasteiger partial charge >= 0.3 is 7.60 Å². The zero-order valence-electron chi connectivity index (χ0n) is 20.5. The van der Waals surface area contributed by atoms with E-state index in [0.717, 1.165) is 32.1 Å². The van der Waals surface area contributed by atoms with E-state index < -0.39 is 14.9 Å². The van der Waals surface area contributed by atoms with Gasteiger partial charge in [-0.05, 0) is 84.9 Å². The molecule has 3 unspecified atom stereocenters. The third kappa shape index (κ3) is 9.17. The van der Waals surface area contributed by atoms with Gasteiger partial charge in [0, 0.05) is 5.66 Å². The predicted molar refractivity (Wildman–Crippen MR) is 129 cm³/mol. The Bertz CT molecular complexity index is 511. The largest absolute Gasteiger partial charge is 0.337 e. The van der Waals surface area contributed by atoms with Crippen LogP contribution in [0.5, 0.6) is 0 Å². The van der Waals surface area contributed by atoms with Crippen molar-refractivity contribution in [3.05, 3.63) is 0 Å². The first-order valence-corrected chi connectivity index (χ1v) is 14.8. The second-order valence-corrected chi connectivity index (χ2v) is 13.7. The minimum atomic E-state index is -3.01. The van der Waals surface area contributed by atoms with Crippen LogP contribution in [0.2, 0.25) is 0 Å². The first kappa shape index (κ1) is 29.4. The molecule has 176 valence electrons. The van der Waals surface area contributed by atoms with Gasteiger partial charge in [-0.1, -0.05) is 20.8 Å². The van der Waals surface area contributed by atoms with Gasteiger partial charge < -0.3 is 18.1 Å². The van der Waals surface area contributed by atoms with Gasteiger partial charge in [-0.2, -0.15) is 0 Å². The number of hydrogen-bond donors (Lipinski definition) is 0. The molecule has 0 aromatic carbocycles. The van der Waals surface area contributed by atoms with E-state index in [1.54, 1.807) is 0 Å². The van der Waals surface area contributed by atoms with E-state index >= 15 is 0 Å². The zero-order valence-corrected chi connectivity index (χ0v) is 22.3. The van der Waals surface area contributed by atoms with Crippen molar-refractivity contribution in [3.63, 3.8) is 0 Å². The van der Waals surface area contributed by atoms with Gasteiger partial charge in [0.2, 0.25) is 0 Å². The van der Waals surface area contributed by atoms with E-state index in [2.05, 4.69) is 41.5 Å². The van der Waals surface area contributed by atoms with Gasteiger partial charge in [0.1, 0.15) is 7.34 Å². The summed E-state index contributed by atoms with van der Waals surface area (Å²) < 4.78 is 36.5. The first-order chi connectivity index (χ1) is 13.7. The fourth-order valence-electron chi connectivity index (χ4n) is 3.83. The molecule has 0 aliphatic rings. The fourth-order valence-corrected chi connectivity index (χ4v) is 9.07. The van der Waals surface area contributed by atoms with Crippen molar-refractivity contribution in [2.45, 2.75) is 106 Å². The highest BCUT2D eigenvalue weighted by atomic mass is 31.2.